The molecule has 2 nitrogen and oxygen atoms in total. The number of H-pyrrole nitrogens is 1. The summed E-state index contributed by atoms with van der Waals surface area (Å²) < 4.78 is 2.65. The van der Waals surface area contributed by atoms with Crippen LogP contribution in [0.2, 0.25) is 0 Å². The van der Waals surface area contributed by atoms with E-state index in [1.54, 1.807) is 6.20 Å². The van der Waals surface area contributed by atoms with Crippen LogP contribution in [0.1, 0.15) is 15.9 Å². The van der Waals surface area contributed by atoms with Crippen molar-refractivity contribution in [2.45, 2.75) is 0 Å². The molecule has 0 aliphatic rings. The first-order valence-electron chi connectivity index (χ1n) is 5.82. The molecule has 20 heavy (non-hydrogen) atoms. The third kappa shape index (κ3) is 2.50. The number of hydrogen-bond acceptors (Lipinski definition) is 1. The molecule has 0 atom stereocenters. The molecule has 3 rings (SSSR count). The fourth-order valence-electron chi connectivity index (χ4n) is 2.16. The van der Waals surface area contributed by atoms with E-state index >= 15 is 0 Å². The Kier molecular flexibility index (Phi) is 3.84. The second-order valence-corrected chi connectivity index (χ2v) is 7.04. The van der Waals surface area contributed by atoms with Gasteiger partial charge in [0.05, 0.1) is 0 Å². The predicted octanol–water partition coefficient (Wildman–Crippen LogP) is 5.69. The zero-order valence-corrected chi connectivity index (χ0v) is 14.8. The molecule has 0 aliphatic carbocycles. The Bertz CT molecular complexity index is 803. The lowest BCUT2D eigenvalue weighted by atomic mass is 10.0. The molecule has 0 aliphatic heterocycles. The molecule has 2 aromatic carbocycles. The number of hydrogen-bond donors (Lipinski definition) is 1. The van der Waals surface area contributed by atoms with Gasteiger partial charge >= 0.3 is 0 Å². The third-order valence-electron chi connectivity index (χ3n) is 3.02. The van der Waals surface area contributed by atoms with Crippen molar-refractivity contribution < 1.29 is 4.79 Å². The predicted molar refractivity (Wildman–Crippen MR) is 91.3 cm³/mol. The Labute approximate surface area is 141 Å². The van der Waals surface area contributed by atoms with Crippen LogP contribution < -0.4 is 0 Å². The minimum atomic E-state index is -0.00912. The lowest BCUT2D eigenvalue weighted by Gasteiger charge is -2.03. The number of halogens is 3. The fourth-order valence-corrected chi connectivity index (χ4v) is 4.03. The summed E-state index contributed by atoms with van der Waals surface area (Å²) in [6.07, 6.45) is 1.76. The second-order valence-electron chi connectivity index (χ2n) is 4.35. The molecule has 0 amide bonds. The standard InChI is InChI=1S/C15H8Br3NO/c16-9-4-8(5-10(17)6-9)15(20)11-7-19-13-3-1-2-12(18)14(11)13/h1-7,19H. The first-order valence-corrected chi connectivity index (χ1v) is 8.20. The largest absolute Gasteiger partial charge is 0.360 e. The molecule has 1 aromatic heterocycles. The van der Waals surface area contributed by atoms with Gasteiger partial charge in [-0.2, -0.15) is 0 Å². The van der Waals surface area contributed by atoms with Gasteiger partial charge in [-0.25, -0.2) is 0 Å². The number of aromatic nitrogens is 1. The van der Waals surface area contributed by atoms with Gasteiger partial charge in [-0.3, -0.25) is 4.79 Å². The highest BCUT2D eigenvalue weighted by Gasteiger charge is 2.16. The van der Waals surface area contributed by atoms with Crippen molar-refractivity contribution in [3.8, 4) is 0 Å². The second kappa shape index (κ2) is 5.47. The lowest BCUT2D eigenvalue weighted by molar-refractivity contribution is 0.104. The maximum atomic E-state index is 12.7. The highest BCUT2D eigenvalue weighted by molar-refractivity contribution is 9.11. The van der Waals surface area contributed by atoms with Crippen LogP contribution in [0.4, 0.5) is 0 Å². The molecule has 0 bridgehead atoms. The van der Waals surface area contributed by atoms with E-state index < -0.39 is 0 Å². The molecule has 1 N–H and O–H groups in total. The Morgan fingerprint density at radius 2 is 1.70 bits per heavy atom. The minimum Gasteiger partial charge on any atom is -0.360 e. The Hall–Kier alpha value is -0.910. The van der Waals surface area contributed by atoms with Crippen molar-refractivity contribution in [1.29, 1.82) is 0 Å². The SMILES string of the molecule is O=C(c1cc(Br)cc(Br)c1)c1c[nH]c2cccc(Br)c12. The van der Waals surface area contributed by atoms with Crippen molar-refractivity contribution in [3.05, 3.63) is 67.1 Å². The van der Waals surface area contributed by atoms with Crippen LogP contribution in [-0.4, -0.2) is 10.8 Å². The van der Waals surface area contributed by atoms with Crippen LogP contribution in [-0.2, 0) is 0 Å². The first kappa shape index (κ1) is 14.0. The summed E-state index contributed by atoms with van der Waals surface area (Å²) in [6.45, 7) is 0. The molecular weight excluding hydrogens is 450 g/mol. The van der Waals surface area contributed by atoms with Gasteiger partial charge in [-0.15, -0.1) is 0 Å². The van der Waals surface area contributed by atoms with E-state index in [1.165, 1.54) is 0 Å². The normalized spacial score (nSPS) is 10.9. The zero-order valence-electron chi connectivity index (χ0n) is 10.1. The van der Waals surface area contributed by atoms with E-state index in [-0.39, 0.29) is 5.78 Å². The maximum absolute atomic E-state index is 12.7. The number of carbonyl (C=O) groups is 1. The average Bonchev–Trinajstić information content (AvgIpc) is 2.82. The van der Waals surface area contributed by atoms with E-state index in [4.69, 9.17) is 0 Å². The van der Waals surface area contributed by atoms with Crippen LogP contribution in [0.5, 0.6) is 0 Å². The monoisotopic (exact) mass is 455 g/mol. The quantitative estimate of drug-likeness (QED) is 0.493. The smallest absolute Gasteiger partial charge is 0.195 e. The topological polar surface area (TPSA) is 32.9 Å². The molecule has 0 radical (unpaired) electrons. The molecular formula is C15H8Br3NO. The van der Waals surface area contributed by atoms with Crippen LogP contribution in [0.15, 0.2) is 56.0 Å². The lowest BCUT2D eigenvalue weighted by Crippen LogP contribution is -2.00. The highest BCUT2D eigenvalue weighted by Crippen LogP contribution is 2.29. The highest BCUT2D eigenvalue weighted by atomic mass is 79.9. The fraction of sp³-hybridized carbons (Fsp3) is 0. The summed E-state index contributed by atoms with van der Waals surface area (Å²) in [5, 5.41) is 0.911. The van der Waals surface area contributed by atoms with Gasteiger partial charge in [-0.05, 0) is 30.3 Å². The van der Waals surface area contributed by atoms with Gasteiger partial charge in [0.25, 0.3) is 0 Å². The molecule has 0 fully saturated rings. The van der Waals surface area contributed by atoms with Crippen molar-refractivity contribution in [1.82, 2.24) is 4.98 Å². The molecule has 3 aromatic rings. The summed E-state index contributed by atoms with van der Waals surface area (Å²) >= 11 is 10.3. The number of carbonyl (C=O) groups excluding carboxylic acids is 1. The maximum Gasteiger partial charge on any atom is 0.195 e. The summed E-state index contributed by atoms with van der Waals surface area (Å²) in [5.41, 5.74) is 2.25. The zero-order chi connectivity index (χ0) is 14.3. The van der Waals surface area contributed by atoms with Gasteiger partial charge in [0.2, 0.25) is 0 Å². The van der Waals surface area contributed by atoms with Gasteiger partial charge in [0.15, 0.2) is 5.78 Å². The van der Waals surface area contributed by atoms with Crippen LogP contribution in [0.25, 0.3) is 10.9 Å². The van der Waals surface area contributed by atoms with Crippen molar-refractivity contribution in [2.24, 2.45) is 0 Å². The summed E-state index contributed by atoms with van der Waals surface area (Å²) in [6, 6.07) is 11.4. The Morgan fingerprint density at radius 3 is 2.40 bits per heavy atom. The number of fused-ring (bicyclic) bond motifs is 1. The Morgan fingerprint density at radius 1 is 1.00 bits per heavy atom. The number of ketones is 1. The van der Waals surface area contributed by atoms with Crippen LogP contribution in [0, 0.1) is 0 Å². The van der Waals surface area contributed by atoms with Crippen LogP contribution >= 0.6 is 47.8 Å². The van der Waals surface area contributed by atoms with Crippen molar-refractivity contribution >= 4 is 64.5 Å². The van der Waals surface area contributed by atoms with Crippen molar-refractivity contribution in [2.75, 3.05) is 0 Å². The first-order chi connectivity index (χ1) is 9.56. The molecule has 1 heterocycles. The molecule has 0 saturated heterocycles. The summed E-state index contributed by atoms with van der Waals surface area (Å²) in [4.78, 5) is 15.8. The van der Waals surface area contributed by atoms with Crippen molar-refractivity contribution in [3.63, 3.8) is 0 Å². The van der Waals surface area contributed by atoms with E-state index in [0.717, 1.165) is 24.3 Å². The molecule has 0 saturated carbocycles. The van der Waals surface area contributed by atoms with E-state index in [9.17, 15) is 4.79 Å². The molecule has 0 unspecified atom stereocenters. The average molecular weight is 458 g/mol. The molecule has 0 spiro atoms. The number of nitrogens with one attached hydrogen (secondary N) is 1. The van der Waals surface area contributed by atoms with E-state index in [2.05, 4.69) is 52.8 Å². The van der Waals surface area contributed by atoms with Gasteiger partial charge < -0.3 is 4.98 Å². The van der Waals surface area contributed by atoms with Gasteiger partial charge in [-0.1, -0.05) is 53.9 Å². The third-order valence-corrected chi connectivity index (χ3v) is 4.60. The van der Waals surface area contributed by atoms with E-state index in [1.807, 2.05) is 36.4 Å². The van der Waals surface area contributed by atoms with Gasteiger partial charge in [0, 0.05) is 41.6 Å². The van der Waals surface area contributed by atoms with E-state index in [0.29, 0.717) is 11.1 Å². The Balaban J connectivity index is 2.18. The molecule has 5 heteroatoms. The minimum absolute atomic E-state index is 0.00912. The summed E-state index contributed by atoms with van der Waals surface area (Å²) in [5.74, 6) is -0.00912. The number of benzene rings is 2. The van der Waals surface area contributed by atoms with Crippen LogP contribution in [0.3, 0.4) is 0 Å². The number of rotatable bonds is 2. The number of aromatic amines is 1. The summed E-state index contributed by atoms with van der Waals surface area (Å²) in [7, 11) is 0. The molecule has 100 valence electrons. The van der Waals surface area contributed by atoms with Gasteiger partial charge in [0.1, 0.15) is 0 Å².